The molecule has 204 valence electrons. The second kappa shape index (κ2) is 11.4. The van der Waals surface area contributed by atoms with E-state index in [9.17, 15) is 24.0 Å². The first-order chi connectivity index (χ1) is 18.0. The van der Waals surface area contributed by atoms with Crippen molar-refractivity contribution in [3.05, 3.63) is 36.0 Å². The van der Waals surface area contributed by atoms with Crippen molar-refractivity contribution >= 4 is 40.3 Å². The monoisotopic (exact) mass is 523 g/mol. The highest BCUT2D eigenvalue weighted by Gasteiger charge is 2.37. The molecule has 0 bridgehead atoms. The number of para-hydroxylation sites is 1. The lowest BCUT2D eigenvalue weighted by Gasteiger charge is -2.30. The van der Waals surface area contributed by atoms with Gasteiger partial charge >= 0.3 is 0 Å². The molecule has 2 aliphatic rings. The molecule has 2 aromatic rings. The van der Waals surface area contributed by atoms with Crippen LogP contribution in [0.15, 0.2) is 30.3 Å². The summed E-state index contributed by atoms with van der Waals surface area (Å²) in [4.78, 5) is 67.8. The number of hydrogen-bond acceptors (Lipinski definition) is 5. The number of carbonyl (C=O) groups excluding carboxylic acids is 5. The number of fused-ring (bicyclic) bond motifs is 1. The Morgan fingerprint density at radius 2 is 1.74 bits per heavy atom. The molecular formula is C28H37N5O5. The topological polar surface area (TPSA) is 149 Å². The molecule has 5 N–H and O–H groups in total. The summed E-state index contributed by atoms with van der Waals surface area (Å²) in [7, 11) is 0. The fourth-order valence-electron chi connectivity index (χ4n) is 4.94. The van der Waals surface area contributed by atoms with Crippen LogP contribution in [0.25, 0.3) is 10.9 Å². The van der Waals surface area contributed by atoms with Crippen LogP contribution in [0.2, 0.25) is 0 Å². The van der Waals surface area contributed by atoms with Gasteiger partial charge in [0.05, 0.1) is 6.04 Å². The van der Waals surface area contributed by atoms with Crippen molar-refractivity contribution in [2.45, 2.75) is 76.9 Å². The zero-order valence-electron chi connectivity index (χ0n) is 22.2. The summed E-state index contributed by atoms with van der Waals surface area (Å²) in [6.07, 6.45) is 3.95. The van der Waals surface area contributed by atoms with Crippen LogP contribution in [-0.4, -0.2) is 58.6 Å². The van der Waals surface area contributed by atoms with Gasteiger partial charge in [-0.05, 0) is 58.1 Å². The highest BCUT2D eigenvalue weighted by atomic mass is 16.2. The van der Waals surface area contributed by atoms with Crippen LogP contribution >= 0.6 is 0 Å². The molecule has 0 unspecified atom stereocenters. The van der Waals surface area contributed by atoms with Crippen molar-refractivity contribution < 1.29 is 24.0 Å². The maximum absolute atomic E-state index is 13.5. The Kier molecular flexibility index (Phi) is 8.18. The number of benzene rings is 1. The molecule has 10 nitrogen and oxygen atoms in total. The van der Waals surface area contributed by atoms with Crippen LogP contribution in [0.5, 0.6) is 0 Å². The molecule has 2 heterocycles. The van der Waals surface area contributed by atoms with E-state index >= 15 is 0 Å². The van der Waals surface area contributed by atoms with Gasteiger partial charge in [-0.1, -0.05) is 37.5 Å². The van der Waals surface area contributed by atoms with E-state index in [0.717, 1.165) is 30.2 Å². The molecule has 0 spiro atoms. The molecule has 1 saturated carbocycles. The van der Waals surface area contributed by atoms with Crippen LogP contribution in [0.3, 0.4) is 0 Å². The molecule has 1 aromatic heterocycles. The van der Waals surface area contributed by atoms with Gasteiger partial charge in [0, 0.05) is 28.9 Å². The number of nitrogens with one attached hydrogen (secondary N) is 5. The predicted molar refractivity (Wildman–Crippen MR) is 142 cm³/mol. The third-order valence-electron chi connectivity index (χ3n) is 7.22. The number of aromatic amines is 1. The van der Waals surface area contributed by atoms with Gasteiger partial charge in [0.25, 0.3) is 11.8 Å². The number of ketones is 1. The van der Waals surface area contributed by atoms with Gasteiger partial charge in [0.1, 0.15) is 11.7 Å². The summed E-state index contributed by atoms with van der Waals surface area (Å²) < 4.78 is 0. The van der Waals surface area contributed by atoms with Crippen molar-refractivity contribution in [2.24, 2.45) is 11.8 Å². The summed E-state index contributed by atoms with van der Waals surface area (Å²) in [5, 5.41) is 11.8. The fourth-order valence-corrected chi connectivity index (χ4v) is 4.94. The Balaban J connectivity index is 1.51. The number of rotatable bonds is 10. The lowest BCUT2D eigenvalue weighted by molar-refractivity contribution is -0.141. The lowest BCUT2D eigenvalue weighted by atomic mass is 9.80. The van der Waals surface area contributed by atoms with E-state index in [2.05, 4.69) is 26.3 Å². The first-order valence-corrected chi connectivity index (χ1v) is 13.3. The minimum Gasteiger partial charge on any atom is -0.356 e. The van der Waals surface area contributed by atoms with Crippen LogP contribution in [-0.2, 0) is 19.2 Å². The predicted octanol–water partition coefficient (Wildman–Crippen LogP) is 1.95. The third kappa shape index (κ3) is 6.79. The van der Waals surface area contributed by atoms with Crippen molar-refractivity contribution in [1.29, 1.82) is 0 Å². The van der Waals surface area contributed by atoms with Crippen molar-refractivity contribution in [3.8, 4) is 0 Å². The second-order valence-corrected chi connectivity index (χ2v) is 11.5. The van der Waals surface area contributed by atoms with Gasteiger partial charge in [0.2, 0.25) is 17.6 Å². The first kappa shape index (κ1) is 27.3. The molecule has 1 aromatic carbocycles. The Morgan fingerprint density at radius 1 is 1.00 bits per heavy atom. The van der Waals surface area contributed by atoms with Gasteiger partial charge < -0.3 is 26.3 Å². The van der Waals surface area contributed by atoms with Gasteiger partial charge in [0.15, 0.2) is 0 Å². The number of H-pyrrole nitrogens is 1. The van der Waals surface area contributed by atoms with Gasteiger partial charge in [-0.2, -0.15) is 0 Å². The number of Topliss-reactive ketones (excluding diaryl/α,β-unsaturated/α-hetero) is 1. The van der Waals surface area contributed by atoms with Crippen LogP contribution < -0.4 is 21.3 Å². The number of aromatic nitrogens is 1. The molecule has 1 aliphatic carbocycles. The zero-order valence-corrected chi connectivity index (χ0v) is 22.2. The van der Waals surface area contributed by atoms with Crippen LogP contribution in [0.1, 0.15) is 69.8 Å². The summed E-state index contributed by atoms with van der Waals surface area (Å²) in [6.45, 7) is 5.75. The Bertz CT molecular complexity index is 1190. The first-order valence-electron chi connectivity index (χ1n) is 13.3. The summed E-state index contributed by atoms with van der Waals surface area (Å²) in [5.74, 6) is -3.00. The Hall–Kier alpha value is -3.69. The Labute approximate surface area is 222 Å². The normalized spacial score (nSPS) is 19.2. The lowest BCUT2D eigenvalue weighted by Crippen LogP contribution is -2.56. The van der Waals surface area contributed by atoms with Gasteiger partial charge in [-0.15, -0.1) is 0 Å². The van der Waals surface area contributed by atoms with Gasteiger partial charge in [-0.25, -0.2) is 0 Å². The Morgan fingerprint density at radius 3 is 2.34 bits per heavy atom. The molecular weight excluding hydrogens is 486 g/mol. The van der Waals surface area contributed by atoms with E-state index in [1.807, 2.05) is 24.3 Å². The molecule has 0 radical (unpaired) electrons. The fraction of sp³-hybridized carbons (Fsp3) is 0.536. The van der Waals surface area contributed by atoms with E-state index in [4.69, 9.17) is 0 Å². The summed E-state index contributed by atoms with van der Waals surface area (Å²) >= 11 is 0. The SMILES string of the molecule is CC(C)(C)NC(=O)C(=O)[C@H](C[C@@H]1CCNC1=O)NC(=O)[C@H](CC1CCC1)NC(=O)c1cc2ccccc2[nH]1. The van der Waals surface area contributed by atoms with E-state index in [1.165, 1.54) is 0 Å². The van der Waals surface area contributed by atoms with Crippen LogP contribution in [0, 0.1) is 11.8 Å². The van der Waals surface area contributed by atoms with E-state index in [0.29, 0.717) is 25.1 Å². The van der Waals surface area contributed by atoms with Crippen molar-refractivity contribution in [2.75, 3.05) is 6.54 Å². The molecule has 4 rings (SSSR count). The second-order valence-electron chi connectivity index (χ2n) is 11.5. The van der Waals surface area contributed by atoms with E-state index in [-0.39, 0.29) is 18.2 Å². The molecule has 4 amide bonds. The summed E-state index contributed by atoms with van der Waals surface area (Å²) in [6, 6.07) is 7.14. The molecule has 10 heteroatoms. The van der Waals surface area contributed by atoms with E-state index < -0.39 is 47.0 Å². The van der Waals surface area contributed by atoms with Crippen LogP contribution in [0.4, 0.5) is 0 Å². The molecule has 3 atom stereocenters. The van der Waals surface area contributed by atoms with Crippen molar-refractivity contribution in [1.82, 2.24) is 26.3 Å². The summed E-state index contributed by atoms with van der Waals surface area (Å²) in [5.41, 5.74) is 0.493. The zero-order chi connectivity index (χ0) is 27.4. The minimum atomic E-state index is -1.19. The molecule has 1 aliphatic heterocycles. The number of carbonyl (C=O) groups is 5. The maximum Gasteiger partial charge on any atom is 0.290 e. The minimum absolute atomic E-state index is 0.0140. The smallest absolute Gasteiger partial charge is 0.290 e. The quantitative estimate of drug-likeness (QED) is 0.302. The van der Waals surface area contributed by atoms with Gasteiger partial charge in [-0.3, -0.25) is 24.0 Å². The maximum atomic E-state index is 13.5. The largest absolute Gasteiger partial charge is 0.356 e. The molecule has 1 saturated heterocycles. The molecule has 2 fully saturated rings. The standard InChI is InChI=1S/C28H37N5O5/c1-28(2,3)33-27(38)23(34)20(15-18-11-12-29-24(18)35)31-25(36)21(13-16-7-6-8-16)32-26(37)22-14-17-9-4-5-10-19(17)30-22/h4-5,9-10,14,16,18,20-21,30H,6-8,11-13,15H2,1-3H3,(H,29,35)(H,31,36)(H,32,37)(H,33,38)/t18-,20-,21-/m0/s1. The number of amides is 4. The highest BCUT2D eigenvalue weighted by molar-refractivity contribution is 6.38. The van der Waals surface area contributed by atoms with Crippen molar-refractivity contribution in [3.63, 3.8) is 0 Å². The molecule has 38 heavy (non-hydrogen) atoms. The van der Waals surface area contributed by atoms with E-state index in [1.54, 1.807) is 26.8 Å². The average Bonchev–Trinajstić information content (AvgIpc) is 3.44. The average molecular weight is 524 g/mol. The highest BCUT2D eigenvalue weighted by Crippen LogP contribution is 2.31. The third-order valence-corrected chi connectivity index (χ3v) is 7.22. The number of hydrogen-bond donors (Lipinski definition) is 5.